The highest BCUT2D eigenvalue weighted by molar-refractivity contribution is 7.17. The molecule has 0 unspecified atom stereocenters. The molecule has 2 N–H and O–H groups in total. The molecule has 0 saturated heterocycles. The average Bonchev–Trinajstić information content (AvgIpc) is 2.99. The summed E-state index contributed by atoms with van der Waals surface area (Å²) < 4.78 is 13.0. The van der Waals surface area contributed by atoms with Crippen LogP contribution in [0.1, 0.15) is 33.3 Å². The number of aromatic nitrogens is 4. The second-order valence-corrected chi connectivity index (χ2v) is 6.74. The Balaban J connectivity index is 1.45. The van der Waals surface area contributed by atoms with Gasteiger partial charge in [0, 0.05) is 12.0 Å². The Morgan fingerprint density at radius 3 is 2.88 bits per heavy atom. The molecule has 0 spiro atoms. The Hall–Kier alpha value is -2.61. The van der Waals surface area contributed by atoms with Crippen LogP contribution < -0.4 is 5.32 Å². The summed E-state index contributed by atoms with van der Waals surface area (Å²) in [7, 11) is 0. The number of aryl methyl sites for hydroxylation is 1. The number of amides is 1. The van der Waals surface area contributed by atoms with E-state index in [2.05, 4.69) is 25.5 Å². The molecule has 2 aromatic heterocycles. The third kappa shape index (κ3) is 2.80. The van der Waals surface area contributed by atoms with Crippen LogP contribution >= 0.6 is 11.3 Å². The molecule has 3 aromatic rings. The van der Waals surface area contributed by atoms with Gasteiger partial charge in [-0.1, -0.05) is 12.1 Å². The summed E-state index contributed by atoms with van der Waals surface area (Å²) in [5, 5.41) is 10.2. The highest BCUT2D eigenvalue weighted by Crippen LogP contribution is 2.41. The molecule has 1 fully saturated rings. The van der Waals surface area contributed by atoms with Gasteiger partial charge in [0.2, 0.25) is 0 Å². The Bertz CT molecular complexity index is 875. The van der Waals surface area contributed by atoms with Crippen molar-refractivity contribution < 1.29 is 9.18 Å². The number of H-pyrrole nitrogens is 1. The van der Waals surface area contributed by atoms with Gasteiger partial charge in [0.05, 0.1) is 5.69 Å². The van der Waals surface area contributed by atoms with Crippen molar-refractivity contribution in [3.05, 3.63) is 52.5 Å². The molecule has 1 saturated carbocycles. The van der Waals surface area contributed by atoms with Crippen LogP contribution in [0, 0.1) is 12.7 Å². The number of nitrogens with zero attached hydrogens (tertiary/aromatic N) is 3. The zero-order chi connectivity index (χ0) is 16.7. The smallest absolute Gasteiger partial charge is 0.263 e. The van der Waals surface area contributed by atoms with Gasteiger partial charge in [0.1, 0.15) is 17.0 Å². The lowest BCUT2D eigenvalue weighted by atomic mass is 10.1. The lowest BCUT2D eigenvalue weighted by Crippen LogP contribution is -2.26. The van der Waals surface area contributed by atoms with E-state index in [0.29, 0.717) is 21.4 Å². The van der Waals surface area contributed by atoms with Crippen molar-refractivity contribution in [3.8, 4) is 10.8 Å². The Morgan fingerprint density at radius 2 is 2.17 bits per heavy atom. The van der Waals surface area contributed by atoms with E-state index in [9.17, 15) is 9.18 Å². The van der Waals surface area contributed by atoms with Crippen molar-refractivity contribution in [2.75, 3.05) is 0 Å². The van der Waals surface area contributed by atoms with Gasteiger partial charge in [0.25, 0.3) is 5.91 Å². The van der Waals surface area contributed by atoms with Gasteiger partial charge in [-0.15, -0.1) is 11.3 Å². The largest absolute Gasteiger partial charge is 0.348 e. The minimum absolute atomic E-state index is 0.0817. The van der Waals surface area contributed by atoms with E-state index >= 15 is 0 Å². The molecule has 2 atom stereocenters. The molecule has 6 nitrogen and oxygen atoms in total. The van der Waals surface area contributed by atoms with E-state index in [1.54, 1.807) is 19.1 Å². The van der Waals surface area contributed by atoms with Gasteiger partial charge in [0.15, 0.2) is 10.8 Å². The summed E-state index contributed by atoms with van der Waals surface area (Å²) in [4.78, 5) is 21.5. The van der Waals surface area contributed by atoms with Crippen LogP contribution in [-0.4, -0.2) is 32.1 Å². The van der Waals surface area contributed by atoms with Crippen LogP contribution in [0.2, 0.25) is 0 Å². The number of aromatic amines is 1. The van der Waals surface area contributed by atoms with Crippen LogP contribution in [0.15, 0.2) is 30.6 Å². The summed E-state index contributed by atoms with van der Waals surface area (Å²) in [6, 6.07) is 6.52. The fourth-order valence-electron chi connectivity index (χ4n) is 2.68. The van der Waals surface area contributed by atoms with E-state index in [1.807, 2.05) is 0 Å². The zero-order valence-electron chi connectivity index (χ0n) is 12.8. The number of benzene rings is 1. The molecule has 0 radical (unpaired) electrons. The van der Waals surface area contributed by atoms with E-state index < -0.39 is 0 Å². The molecule has 8 heteroatoms. The molecule has 1 aliphatic carbocycles. The molecule has 0 aliphatic heterocycles. The fourth-order valence-corrected chi connectivity index (χ4v) is 3.60. The van der Waals surface area contributed by atoms with Gasteiger partial charge >= 0.3 is 0 Å². The van der Waals surface area contributed by atoms with E-state index in [-0.39, 0.29) is 23.7 Å². The summed E-state index contributed by atoms with van der Waals surface area (Å²) >= 11 is 1.29. The number of halogens is 1. The number of hydrogen-bond acceptors (Lipinski definition) is 5. The fraction of sp³-hybridized carbons (Fsp3) is 0.250. The second-order valence-electron chi connectivity index (χ2n) is 5.74. The van der Waals surface area contributed by atoms with Crippen LogP contribution in [-0.2, 0) is 0 Å². The van der Waals surface area contributed by atoms with Gasteiger partial charge in [-0.3, -0.25) is 9.89 Å². The number of rotatable bonds is 4. The van der Waals surface area contributed by atoms with Gasteiger partial charge in [-0.05, 0) is 31.0 Å². The number of hydrogen-bond donors (Lipinski definition) is 2. The number of carbonyl (C=O) groups excluding carboxylic acids is 1. The van der Waals surface area contributed by atoms with Crippen LogP contribution in [0.25, 0.3) is 10.8 Å². The highest BCUT2D eigenvalue weighted by Gasteiger charge is 2.40. The molecule has 24 heavy (non-hydrogen) atoms. The number of carbonyl (C=O) groups is 1. The van der Waals surface area contributed by atoms with Gasteiger partial charge in [-0.2, -0.15) is 5.10 Å². The van der Waals surface area contributed by atoms with E-state index in [4.69, 9.17) is 0 Å². The molecule has 4 rings (SSSR count). The van der Waals surface area contributed by atoms with Crippen molar-refractivity contribution in [1.82, 2.24) is 25.5 Å². The first kappa shape index (κ1) is 14.9. The van der Waals surface area contributed by atoms with Crippen LogP contribution in [0.3, 0.4) is 0 Å². The first-order chi connectivity index (χ1) is 11.6. The Morgan fingerprint density at radius 1 is 1.38 bits per heavy atom. The maximum atomic E-state index is 13.0. The van der Waals surface area contributed by atoms with Crippen molar-refractivity contribution >= 4 is 17.2 Å². The topological polar surface area (TPSA) is 83.6 Å². The molecule has 1 aromatic carbocycles. The number of thiazole rings is 1. The monoisotopic (exact) mass is 343 g/mol. The first-order valence-electron chi connectivity index (χ1n) is 7.51. The molecular weight excluding hydrogens is 329 g/mol. The second kappa shape index (κ2) is 5.79. The van der Waals surface area contributed by atoms with Crippen molar-refractivity contribution in [2.45, 2.75) is 25.3 Å². The minimum Gasteiger partial charge on any atom is -0.348 e. The lowest BCUT2D eigenvalue weighted by Gasteiger charge is -2.04. The van der Waals surface area contributed by atoms with Crippen molar-refractivity contribution in [3.63, 3.8) is 0 Å². The van der Waals surface area contributed by atoms with Crippen LogP contribution in [0.4, 0.5) is 4.39 Å². The highest BCUT2D eigenvalue weighted by atomic mass is 32.1. The van der Waals surface area contributed by atoms with Crippen LogP contribution in [0.5, 0.6) is 0 Å². The number of nitrogens with one attached hydrogen (secondary N) is 2. The summed E-state index contributed by atoms with van der Waals surface area (Å²) in [6.07, 6.45) is 2.27. The molecule has 1 aliphatic rings. The zero-order valence-corrected chi connectivity index (χ0v) is 13.6. The predicted molar refractivity (Wildman–Crippen MR) is 87.2 cm³/mol. The van der Waals surface area contributed by atoms with Crippen molar-refractivity contribution in [2.24, 2.45) is 0 Å². The lowest BCUT2D eigenvalue weighted by molar-refractivity contribution is 0.0953. The molecule has 0 bridgehead atoms. The minimum atomic E-state index is -0.250. The van der Waals surface area contributed by atoms with E-state index in [1.165, 1.54) is 29.8 Å². The molecule has 122 valence electrons. The van der Waals surface area contributed by atoms with E-state index in [0.717, 1.165) is 12.0 Å². The Kier molecular flexibility index (Phi) is 3.61. The predicted octanol–water partition coefficient (Wildman–Crippen LogP) is 2.66. The third-order valence-electron chi connectivity index (χ3n) is 4.03. The quantitative estimate of drug-likeness (QED) is 0.763. The maximum absolute atomic E-state index is 13.0. The average molecular weight is 343 g/mol. The third-order valence-corrected chi connectivity index (χ3v) is 5.19. The summed E-state index contributed by atoms with van der Waals surface area (Å²) in [6.45, 7) is 1.80. The first-order valence-corrected chi connectivity index (χ1v) is 8.33. The maximum Gasteiger partial charge on any atom is 0.263 e. The van der Waals surface area contributed by atoms with Gasteiger partial charge in [-0.25, -0.2) is 14.4 Å². The van der Waals surface area contributed by atoms with Crippen molar-refractivity contribution in [1.29, 1.82) is 0 Å². The normalized spacial score (nSPS) is 19.2. The Labute approximate surface area is 141 Å². The summed E-state index contributed by atoms with van der Waals surface area (Å²) in [5.74, 6) is 0.417. The molecule has 2 heterocycles. The SMILES string of the molecule is Cc1nc(-c2ncn[nH]2)sc1C(=O)N[C@@H]1C[C@H]1c1ccc(F)cc1. The summed E-state index contributed by atoms with van der Waals surface area (Å²) in [5.41, 5.74) is 1.72. The van der Waals surface area contributed by atoms with Gasteiger partial charge < -0.3 is 5.32 Å². The molecule has 1 amide bonds. The molecular formula is C16H14FN5OS. The standard InChI is InChI=1S/C16H14FN5OS/c1-8-13(24-16(20-8)14-18-7-19-22-14)15(23)21-12-6-11(12)9-2-4-10(17)5-3-9/h2-5,7,11-12H,6H2,1H3,(H,21,23)(H,18,19,22)/t11-,12+/m0/s1.